The standard InChI is InChI=1S/C15H15BrClNO/c1-11-4-2-3-5-14(11)18-8-9-19-15-7-6-12(17)10-13(15)16/h2-7,10,18H,8-9H2,1H3. The second-order valence-electron chi connectivity index (χ2n) is 4.16. The Morgan fingerprint density at radius 2 is 2.00 bits per heavy atom. The molecule has 2 aromatic carbocycles. The molecule has 0 spiro atoms. The van der Waals surface area contributed by atoms with E-state index in [9.17, 15) is 0 Å². The predicted molar refractivity (Wildman–Crippen MR) is 84.3 cm³/mol. The van der Waals surface area contributed by atoms with Crippen molar-refractivity contribution < 1.29 is 4.74 Å². The van der Waals surface area contributed by atoms with E-state index in [0.29, 0.717) is 11.6 Å². The van der Waals surface area contributed by atoms with Gasteiger partial charge in [-0.2, -0.15) is 0 Å². The molecule has 4 heteroatoms. The fourth-order valence-corrected chi connectivity index (χ4v) is 2.51. The monoisotopic (exact) mass is 339 g/mol. The summed E-state index contributed by atoms with van der Waals surface area (Å²) in [5.74, 6) is 0.802. The Labute approximate surface area is 126 Å². The average Bonchev–Trinajstić information content (AvgIpc) is 2.38. The third-order valence-corrected chi connectivity index (χ3v) is 3.57. The molecule has 19 heavy (non-hydrogen) atoms. The summed E-state index contributed by atoms with van der Waals surface area (Å²) >= 11 is 9.30. The molecule has 0 saturated carbocycles. The van der Waals surface area contributed by atoms with Gasteiger partial charge in [-0.3, -0.25) is 0 Å². The fourth-order valence-electron chi connectivity index (χ4n) is 1.71. The second kappa shape index (κ2) is 6.83. The summed E-state index contributed by atoms with van der Waals surface area (Å²) in [7, 11) is 0. The number of rotatable bonds is 5. The molecule has 0 saturated heterocycles. The number of aryl methyl sites for hydroxylation is 1. The summed E-state index contributed by atoms with van der Waals surface area (Å²) in [6.45, 7) is 3.42. The first-order valence-electron chi connectivity index (χ1n) is 6.04. The summed E-state index contributed by atoms with van der Waals surface area (Å²) in [6, 6.07) is 13.7. The van der Waals surface area contributed by atoms with Gasteiger partial charge in [0.15, 0.2) is 0 Å². The number of hydrogen-bond acceptors (Lipinski definition) is 2. The molecule has 0 bridgehead atoms. The fraction of sp³-hybridized carbons (Fsp3) is 0.200. The molecule has 100 valence electrons. The van der Waals surface area contributed by atoms with Crippen molar-refractivity contribution in [3.05, 3.63) is 57.5 Å². The average molecular weight is 341 g/mol. The van der Waals surface area contributed by atoms with Crippen LogP contribution in [0.15, 0.2) is 46.9 Å². The van der Waals surface area contributed by atoms with E-state index in [1.165, 1.54) is 5.56 Å². The zero-order chi connectivity index (χ0) is 13.7. The van der Waals surface area contributed by atoms with Crippen LogP contribution in [0.3, 0.4) is 0 Å². The topological polar surface area (TPSA) is 21.3 Å². The molecule has 2 rings (SSSR count). The summed E-state index contributed by atoms with van der Waals surface area (Å²) in [5, 5.41) is 4.04. The lowest BCUT2D eigenvalue weighted by molar-refractivity contribution is 0.331. The summed E-state index contributed by atoms with van der Waals surface area (Å²) in [6.07, 6.45) is 0. The lowest BCUT2D eigenvalue weighted by atomic mass is 10.2. The van der Waals surface area contributed by atoms with E-state index < -0.39 is 0 Å². The Balaban J connectivity index is 1.83. The highest BCUT2D eigenvalue weighted by Crippen LogP contribution is 2.27. The Morgan fingerprint density at radius 3 is 2.74 bits per heavy atom. The molecule has 0 amide bonds. The van der Waals surface area contributed by atoms with E-state index in [2.05, 4.69) is 40.3 Å². The molecule has 0 fully saturated rings. The van der Waals surface area contributed by atoms with Crippen molar-refractivity contribution in [2.24, 2.45) is 0 Å². The molecule has 0 heterocycles. The quantitative estimate of drug-likeness (QED) is 0.782. The Hall–Kier alpha value is -1.19. The molecular weight excluding hydrogens is 326 g/mol. The summed E-state index contributed by atoms with van der Waals surface area (Å²) < 4.78 is 6.56. The van der Waals surface area contributed by atoms with Crippen LogP contribution in [-0.4, -0.2) is 13.2 Å². The number of anilines is 1. The number of ether oxygens (including phenoxy) is 1. The zero-order valence-electron chi connectivity index (χ0n) is 10.6. The lowest BCUT2D eigenvalue weighted by Gasteiger charge is -2.11. The van der Waals surface area contributed by atoms with Gasteiger partial charge < -0.3 is 10.1 Å². The van der Waals surface area contributed by atoms with Gasteiger partial charge >= 0.3 is 0 Å². The van der Waals surface area contributed by atoms with Crippen molar-refractivity contribution in [3.8, 4) is 5.75 Å². The summed E-state index contributed by atoms with van der Waals surface area (Å²) in [4.78, 5) is 0. The molecule has 0 aliphatic rings. The maximum Gasteiger partial charge on any atom is 0.133 e. The molecule has 2 aromatic rings. The normalized spacial score (nSPS) is 10.3. The number of benzene rings is 2. The molecular formula is C15H15BrClNO. The minimum absolute atomic E-state index is 0.592. The molecule has 0 radical (unpaired) electrons. The third kappa shape index (κ3) is 4.15. The number of nitrogens with one attached hydrogen (secondary N) is 1. The van der Waals surface area contributed by atoms with Crippen LogP contribution in [0.1, 0.15) is 5.56 Å². The van der Waals surface area contributed by atoms with Crippen LogP contribution < -0.4 is 10.1 Å². The van der Waals surface area contributed by atoms with Gasteiger partial charge in [0.25, 0.3) is 0 Å². The van der Waals surface area contributed by atoms with E-state index in [4.69, 9.17) is 16.3 Å². The van der Waals surface area contributed by atoms with Gasteiger partial charge in [0.1, 0.15) is 12.4 Å². The lowest BCUT2D eigenvalue weighted by Crippen LogP contribution is -2.12. The van der Waals surface area contributed by atoms with Crippen molar-refractivity contribution in [1.29, 1.82) is 0 Å². The molecule has 0 atom stereocenters. The van der Waals surface area contributed by atoms with Gasteiger partial charge in [-0.1, -0.05) is 29.8 Å². The largest absolute Gasteiger partial charge is 0.491 e. The molecule has 1 N–H and O–H groups in total. The van der Waals surface area contributed by atoms with Gasteiger partial charge in [-0.15, -0.1) is 0 Å². The van der Waals surface area contributed by atoms with Crippen LogP contribution in [0, 0.1) is 6.92 Å². The Morgan fingerprint density at radius 1 is 1.21 bits per heavy atom. The molecule has 2 nitrogen and oxygen atoms in total. The van der Waals surface area contributed by atoms with Crippen molar-refractivity contribution in [2.75, 3.05) is 18.5 Å². The van der Waals surface area contributed by atoms with Crippen molar-refractivity contribution in [2.45, 2.75) is 6.92 Å². The van der Waals surface area contributed by atoms with Crippen LogP contribution in [0.4, 0.5) is 5.69 Å². The van der Waals surface area contributed by atoms with Gasteiger partial charge in [-0.25, -0.2) is 0 Å². The smallest absolute Gasteiger partial charge is 0.133 e. The van der Waals surface area contributed by atoms with E-state index in [-0.39, 0.29) is 0 Å². The van der Waals surface area contributed by atoms with E-state index >= 15 is 0 Å². The first-order valence-corrected chi connectivity index (χ1v) is 7.21. The summed E-state index contributed by atoms with van der Waals surface area (Å²) in [5.41, 5.74) is 2.37. The van der Waals surface area contributed by atoms with Gasteiger partial charge in [0.2, 0.25) is 0 Å². The van der Waals surface area contributed by atoms with Crippen LogP contribution in [0.5, 0.6) is 5.75 Å². The van der Waals surface area contributed by atoms with Crippen molar-refractivity contribution in [1.82, 2.24) is 0 Å². The number of hydrogen-bond donors (Lipinski definition) is 1. The number of para-hydroxylation sites is 1. The van der Waals surface area contributed by atoms with E-state index in [0.717, 1.165) is 22.5 Å². The third-order valence-electron chi connectivity index (χ3n) is 2.71. The minimum atomic E-state index is 0.592. The predicted octanol–water partition coefficient (Wildman–Crippen LogP) is 4.90. The molecule has 0 aliphatic heterocycles. The Kier molecular flexibility index (Phi) is 5.11. The van der Waals surface area contributed by atoms with Crippen molar-refractivity contribution in [3.63, 3.8) is 0 Å². The number of halogens is 2. The van der Waals surface area contributed by atoms with Crippen LogP contribution in [0.2, 0.25) is 5.02 Å². The minimum Gasteiger partial charge on any atom is -0.491 e. The van der Waals surface area contributed by atoms with Gasteiger partial charge in [0.05, 0.1) is 4.47 Å². The maximum absolute atomic E-state index is 5.88. The zero-order valence-corrected chi connectivity index (χ0v) is 13.0. The van der Waals surface area contributed by atoms with Gasteiger partial charge in [-0.05, 0) is 52.7 Å². The Bertz CT molecular complexity index is 560. The molecule has 0 aromatic heterocycles. The maximum atomic E-state index is 5.88. The molecule has 0 unspecified atom stereocenters. The first-order chi connectivity index (χ1) is 9.16. The molecule has 0 aliphatic carbocycles. The van der Waals surface area contributed by atoms with Crippen molar-refractivity contribution >= 4 is 33.2 Å². The highest BCUT2D eigenvalue weighted by atomic mass is 79.9. The second-order valence-corrected chi connectivity index (χ2v) is 5.46. The van der Waals surface area contributed by atoms with E-state index in [1.807, 2.05) is 30.3 Å². The van der Waals surface area contributed by atoms with Gasteiger partial charge in [0, 0.05) is 17.3 Å². The van der Waals surface area contributed by atoms with Crippen LogP contribution >= 0.6 is 27.5 Å². The highest BCUT2D eigenvalue weighted by molar-refractivity contribution is 9.10. The first kappa shape index (κ1) is 14.2. The van der Waals surface area contributed by atoms with E-state index in [1.54, 1.807) is 0 Å². The highest BCUT2D eigenvalue weighted by Gasteiger charge is 2.01. The SMILES string of the molecule is Cc1ccccc1NCCOc1ccc(Cl)cc1Br. The van der Waals surface area contributed by atoms with Crippen LogP contribution in [0.25, 0.3) is 0 Å². The van der Waals surface area contributed by atoms with Crippen LogP contribution in [-0.2, 0) is 0 Å².